The van der Waals surface area contributed by atoms with Crippen molar-refractivity contribution in [3.63, 3.8) is 0 Å². The van der Waals surface area contributed by atoms with Crippen molar-refractivity contribution in [2.75, 3.05) is 0 Å². The predicted octanol–water partition coefficient (Wildman–Crippen LogP) is 1.99. The van der Waals surface area contributed by atoms with Gasteiger partial charge in [0.25, 0.3) is 0 Å². The average molecular weight is 236 g/mol. The molecule has 0 unspecified atom stereocenters. The molecule has 0 aliphatic rings. The summed E-state index contributed by atoms with van der Waals surface area (Å²) in [7, 11) is 5.47. The topological polar surface area (TPSA) is 17.8 Å². The van der Waals surface area contributed by atoms with E-state index in [1.165, 1.54) is 17.0 Å². The molecule has 0 aliphatic carbocycles. The number of hydrogen-bond donors (Lipinski definition) is 0. The normalized spacial score (nSPS) is 11.8. The second-order valence-corrected chi connectivity index (χ2v) is 3.73. The van der Waals surface area contributed by atoms with Crippen LogP contribution in [0.5, 0.6) is 0 Å². The van der Waals surface area contributed by atoms with Gasteiger partial charge in [-0.25, -0.2) is 4.98 Å². The number of aryl methyl sites for hydroxylation is 1. The number of nitrogens with zero attached hydrogens (tertiary/aromatic N) is 2. The van der Waals surface area contributed by atoms with E-state index in [9.17, 15) is 13.2 Å². The summed E-state index contributed by atoms with van der Waals surface area (Å²) >= 11 is 0. The van der Waals surface area contributed by atoms with Gasteiger partial charge in [-0.05, 0) is 19.1 Å². The number of aromatic nitrogens is 2. The molecular formula is C11H8BF3N2. The summed E-state index contributed by atoms with van der Waals surface area (Å²) in [5.74, 6) is 0. The molecule has 0 spiro atoms. The summed E-state index contributed by atoms with van der Waals surface area (Å²) in [5.41, 5.74) is 0.374. The van der Waals surface area contributed by atoms with E-state index in [1.807, 2.05) is 0 Å². The Morgan fingerprint density at radius 2 is 1.94 bits per heavy atom. The number of rotatable bonds is 1. The summed E-state index contributed by atoms with van der Waals surface area (Å²) in [6.07, 6.45) is -1.32. The third-order valence-electron chi connectivity index (χ3n) is 2.28. The summed E-state index contributed by atoms with van der Waals surface area (Å²) < 4.78 is 39.3. The van der Waals surface area contributed by atoms with Crippen LogP contribution < -0.4 is 5.46 Å². The predicted molar refractivity (Wildman–Crippen MR) is 58.7 cm³/mol. The monoisotopic (exact) mass is 236 g/mol. The second kappa shape index (κ2) is 3.94. The summed E-state index contributed by atoms with van der Waals surface area (Å²) in [5, 5.41) is 0. The van der Waals surface area contributed by atoms with Gasteiger partial charge in [-0.1, -0.05) is 11.5 Å². The molecule has 2 nitrogen and oxygen atoms in total. The van der Waals surface area contributed by atoms with Gasteiger partial charge in [0.2, 0.25) is 0 Å². The standard InChI is InChI=1S/C11H8BF3N2/c1-7-5-17(6-16-7)10-3-8(11(13,14)15)2-9(12)4-10/h2-6H,1H3. The van der Waals surface area contributed by atoms with Crippen molar-refractivity contribution in [1.29, 1.82) is 0 Å². The van der Waals surface area contributed by atoms with Crippen molar-refractivity contribution >= 4 is 13.3 Å². The van der Waals surface area contributed by atoms with E-state index in [2.05, 4.69) is 4.98 Å². The molecule has 2 aromatic rings. The first-order valence-electron chi connectivity index (χ1n) is 4.85. The van der Waals surface area contributed by atoms with Crippen LogP contribution in [0.3, 0.4) is 0 Å². The lowest BCUT2D eigenvalue weighted by Gasteiger charge is -2.11. The molecule has 0 saturated carbocycles. The van der Waals surface area contributed by atoms with Crippen LogP contribution in [-0.2, 0) is 6.18 Å². The van der Waals surface area contributed by atoms with E-state index < -0.39 is 11.7 Å². The summed E-state index contributed by atoms with van der Waals surface area (Å²) in [4.78, 5) is 3.96. The average Bonchev–Trinajstić information content (AvgIpc) is 2.62. The second-order valence-electron chi connectivity index (χ2n) is 3.73. The maximum Gasteiger partial charge on any atom is 0.416 e. The Bertz CT molecular complexity index is 546. The van der Waals surface area contributed by atoms with E-state index in [1.54, 1.807) is 13.1 Å². The first-order chi connectivity index (χ1) is 7.86. The van der Waals surface area contributed by atoms with Crippen molar-refractivity contribution in [2.24, 2.45) is 0 Å². The van der Waals surface area contributed by atoms with Crippen LogP contribution >= 0.6 is 0 Å². The van der Waals surface area contributed by atoms with Gasteiger partial charge < -0.3 is 4.57 Å². The minimum absolute atomic E-state index is 0.0705. The molecule has 0 saturated heterocycles. The number of hydrogen-bond acceptors (Lipinski definition) is 1. The van der Waals surface area contributed by atoms with Gasteiger partial charge in [-0.2, -0.15) is 13.2 Å². The molecule has 0 N–H and O–H groups in total. The zero-order chi connectivity index (χ0) is 12.6. The van der Waals surface area contributed by atoms with Crippen LogP contribution in [0.4, 0.5) is 13.2 Å². The van der Waals surface area contributed by atoms with Crippen LogP contribution in [0.15, 0.2) is 30.7 Å². The Hall–Kier alpha value is -1.72. The highest BCUT2D eigenvalue weighted by Crippen LogP contribution is 2.29. The highest BCUT2D eigenvalue weighted by atomic mass is 19.4. The van der Waals surface area contributed by atoms with E-state index in [-0.39, 0.29) is 5.46 Å². The summed E-state index contributed by atoms with van der Waals surface area (Å²) in [6.45, 7) is 1.76. The van der Waals surface area contributed by atoms with E-state index in [0.717, 1.165) is 17.8 Å². The zero-order valence-electron chi connectivity index (χ0n) is 8.99. The molecule has 86 valence electrons. The molecule has 1 aromatic carbocycles. The quantitative estimate of drug-likeness (QED) is 0.692. The van der Waals surface area contributed by atoms with Crippen molar-refractivity contribution in [2.45, 2.75) is 13.1 Å². The Labute approximate surface area is 97.5 Å². The van der Waals surface area contributed by atoms with Crippen LogP contribution in [0, 0.1) is 6.92 Å². The third-order valence-corrected chi connectivity index (χ3v) is 2.28. The number of alkyl halides is 3. The van der Waals surface area contributed by atoms with E-state index in [4.69, 9.17) is 7.85 Å². The van der Waals surface area contributed by atoms with Gasteiger partial charge in [0.05, 0.1) is 17.6 Å². The first kappa shape index (κ1) is 11.8. The van der Waals surface area contributed by atoms with Gasteiger partial charge in [0.1, 0.15) is 7.85 Å². The van der Waals surface area contributed by atoms with Gasteiger partial charge in [0.15, 0.2) is 0 Å². The Balaban J connectivity index is 2.52. The lowest BCUT2D eigenvalue weighted by atomic mass is 9.93. The third kappa shape index (κ3) is 2.51. The van der Waals surface area contributed by atoms with Crippen molar-refractivity contribution < 1.29 is 13.2 Å². The Morgan fingerprint density at radius 1 is 1.24 bits per heavy atom. The maximum absolute atomic E-state index is 12.6. The molecule has 2 radical (unpaired) electrons. The molecule has 0 amide bonds. The minimum Gasteiger partial charge on any atom is -0.306 e. The van der Waals surface area contributed by atoms with Crippen LogP contribution in [-0.4, -0.2) is 17.4 Å². The highest BCUT2D eigenvalue weighted by molar-refractivity contribution is 6.32. The fourth-order valence-corrected chi connectivity index (χ4v) is 1.51. The van der Waals surface area contributed by atoms with Crippen LogP contribution in [0.1, 0.15) is 11.3 Å². The molecular weight excluding hydrogens is 228 g/mol. The van der Waals surface area contributed by atoms with Crippen LogP contribution in [0.2, 0.25) is 0 Å². The first-order valence-corrected chi connectivity index (χ1v) is 4.85. The fraction of sp³-hybridized carbons (Fsp3) is 0.182. The molecule has 1 heterocycles. The molecule has 17 heavy (non-hydrogen) atoms. The van der Waals surface area contributed by atoms with Crippen molar-refractivity contribution in [3.05, 3.63) is 42.0 Å². The minimum atomic E-state index is -4.40. The number of imidazole rings is 1. The van der Waals surface area contributed by atoms with Crippen molar-refractivity contribution in [3.8, 4) is 5.69 Å². The fourth-order valence-electron chi connectivity index (χ4n) is 1.51. The van der Waals surface area contributed by atoms with Gasteiger partial charge in [0, 0.05) is 11.9 Å². The molecule has 0 fully saturated rings. The van der Waals surface area contributed by atoms with Crippen LogP contribution in [0.25, 0.3) is 5.69 Å². The van der Waals surface area contributed by atoms with Crippen molar-refractivity contribution in [1.82, 2.24) is 9.55 Å². The Morgan fingerprint density at radius 3 is 2.47 bits per heavy atom. The molecule has 6 heteroatoms. The molecule has 2 rings (SSSR count). The molecule has 0 bridgehead atoms. The lowest BCUT2D eigenvalue weighted by Crippen LogP contribution is -2.13. The molecule has 0 aliphatic heterocycles. The molecule has 1 aromatic heterocycles. The molecule has 0 atom stereocenters. The SMILES string of the molecule is [B]c1cc(-n2cnc(C)c2)cc(C(F)(F)F)c1. The van der Waals surface area contributed by atoms with Gasteiger partial charge in [-0.3, -0.25) is 0 Å². The van der Waals surface area contributed by atoms with Gasteiger partial charge >= 0.3 is 6.18 Å². The smallest absolute Gasteiger partial charge is 0.306 e. The van der Waals surface area contributed by atoms with Gasteiger partial charge in [-0.15, -0.1) is 0 Å². The number of benzene rings is 1. The largest absolute Gasteiger partial charge is 0.416 e. The number of halogens is 3. The lowest BCUT2D eigenvalue weighted by molar-refractivity contribution is -0.137. The zero-order valence-corrected chi connectivity index (χ0v) is 8.99. The Kier molecular flexibility index (Phi) is 2.73. The summed E-state index contributed by atoms with van der Waals surface area (Å²) in [6, 6.07) is 3.42. The maximum atomic E-state index is 12.6. The van der Waals surface area contributed by atoms with E-state index >= 15 is 0 Å². The van der Waals surface area contributed by atoms with E-state index in [0.29, 0.717) is 5.69 Å². The highest BCUT2D eigenvalue weighted by Gasteiger charge is 2.30.